The summed E-state index contributed by atoms with van der Waals surface area (Å²) >= 11 is 0. The normalized spacial score (nSPS) is 10.3. The van der Waals surface area contributed by atoms with Crippen molar-refractivity contribution < 1.29 is 0 Å². The molecule has 0 aliphatic heterocycles. The Balaban J connectivity index is 0.000000160. The molecule has 0 spiro atoms. The van der Waals surface area contributed by atoms with Crippen LogP contribution in [0.3, 0.4) is 0 Å². The molecule has 0 aliphatic rings. The molecule has 0 aliphatic carbocycles. The van der Waals surface area contributed by atoms with E-state index in [0.29, 0.717) is 0 Å². The Bertz CT molecular complexity index is 703. The van der Waals surface area contributed by atoms with E-state index in [9.17, 15) is 0 Å². The van der Waals surface area contributed by atoms with Gasteiger partial charge in [0.05, 0.1) is 0 Å². The van der Waals surface area contributed by atoms with Gasteiger partial charge in [-0.05, 0) is 47.4 Å². The molecule has 2 heteroatoms. The maximum Gasteiger partial charge on any atom is 0.0486 e. The smallest absolute Gasteiger partial charge is 0.0486 e. The van der Waals surface area contributed by atoms with Crippen molar-refractivity contribution in [1.29, 1.82) is 0 Å². The second-order valence-corrected chi connectivity index (χ2v) is 5.41. The number of para-hydroxylation sites is 2. The molecule has 0 bridgehead atoms. The molecule has 0 atom stereocenters. The van der Waals surface area contributed by atoms with Crippen LogP contribution in [0.2, 0.25) is 0 Å². The summed E-state index contributed by atoms with van der Waals surface area (Å²) in [7, 11) is 0. The maximum absolute atomic E-state index is 5.90. The molecule has 2 nitrogen and oxygen atoms in total. The van der Waals surface area contributed by atoms with Gasteiger partial charge in [-0.2, -0.15) is 0 Å². The summed E-state index contributed by atoms with van der Waals surface area (Å²) in [5, 5.41) is 1.31. The number of fused-ring (bicyclic) bond motifs is 1. The van der Waals surface area contributed by atoms with Crippen LogP contribution in [0.5, 0.6) is 0 Å². The average molecular weight is 294 g/mol. The molecule has 116 valence electrons. The Hall–Kier alpha value is -2.22. The lowest BCUT2D eigenvalue weighted by Gasteiger charge is -2.06. The van der Waals surface area contributed by atoms with Crippen molar-refractivity contribution in [3.05, 3.63) is 65.4 Å². The molecular formula is C20H26N2. The minimum absolute atomic E-state index is 0.984. The van der Waals surface area contributed by atoms with E-state index in [-0.39, 0.29) is 0 Å². The molecule has 0 radical (unpaired) electrons. The van der Waals surface area contributed by atoms with Gasteiger partial charge in [-0.15, -0.1) is 0 Å². The molecule has 0 saturated carbocycles. The molecular weight excluding hydrogens is 268 g/mol. The zero-order valence-electron chi connectivity index (χ0n) is 13.8. The van der Waals surface area contributed by atoms with Gasteiger partial charge in [0, 0.05) is 17.4 Å². The molecule has 3 N–H and O–H groups in total. The third-order valence-electron chi connectivity index (χ3n) is 4.10. The summed E-state index contributed by atoms with van der Waals surface area (Å²) in [4.78, 5) is 3.24. The summed E-state index contributed by atoms with van der Waals surface area (Å²) in [5.74, 6) is 0. The molecule has 0 fully saturated rings. The number of nitrogens with two attached hydrogens (primary N) is 1. The third-order valence-corrected chi connectivity index (χ3v) is 4.10. The standard InChI is InChI=1S/C10H11N.C10H15N/c1-2-8-4-3-5-9-6-7-11-10(8)9;1-3-8-6-5-7-9(4-2)10(8)11/h3-7,11H,2H2,1H3;5-7H,3-4,11H2,1-2H3. The van der Waals surface area contributed by atoms with Crippen LogP contribution in [0.15, 0.2) is 48.7 Å². The minimum atomic E-state index is 0.984. The molecule has 0 unspecified atom stereocenters. The van der Waals surface area contributed by atoms with Crippen LogP contribution in [0.25, 0.3) is 10.9 Å². The largest absolute Gasteiger partial charge is 0.398 e. The van der Waals surface area contributed by atoms with Crippen LogP contribution in [0, 0.1) is 0 Å². The lowest BCUT2D eigenvalue weighted by Crippen LogP contribution is -1.97. The summed E-state index contributed by atoms with van der Waals surface area (Å²) in [5.41, 5.74) is 12.1. The van der Waals surface area contributed by atoms with Crippen LogP contribution in [-0.4, -0.2) is 4.98 Å². The number of aryl methyl sites for hydroxylation is 3. The highest BCUT2D eigenvalue weighted by Gasteiger charge is 1.99. The van der Waals surface area contributed by atoms with Crippen LogP contribution in [-0.2, 0) is 19.3 Å². The predicted octanol–water partition coefficient (Wildman–Crippen LogP) is 5.12. The first-order chi connectivity index (χ1) is 10.7. The molecule has 0 saturated heterocycles. The number of benzene rings is 2. The van der Waals surface area contributed by atoms with E-state index in [1.807, 2.05) is 6.20 Å². The number of hydrogen-bond acceptors (Lipinski definition) is 1. The number of nitrogen functional groups attached to an aromatic ring is 1. The highest BCUT2D eigenvalue weighted by atomic mass is 14.7. The Kier molecular flexibility index (Phi) is 5.65. The van der Waals surface area contributed by atoms with Crippen molar-refractivity contribution in [2.45, 2.75) is 40.0 Å². The van der Waals surface area contributed by atoms with Crippen molar-refractivity contribution in [1.82, 2.24) is 4.98 Å². The fraction of sp³-hybridized carbons (Fsp3) is 0.300. The van der Waals surface area contributed by atoms with Gasteiger partial charge in [-0.1, -0.05) is 57.2 Å². The number of anilines is 1. The third kappa shape index (κ3) is 3.51. The fourth-order valence-corrected chi connectivity index (χ4v) is 2.73. The Morgan fingerprint density at radius 3 is 1.91 bits per heavy atom. The second-order valence-electron chi connectivity index (χ2n) is 5.41. The van der Waals surface area contributed by atoms with Gasteiger partial charge in [-0.3, -0.25) is 0 Å². The molecule has 3 rings (SSSR count). The number of H-pyrrole nitrogens is 1. The highest BCUT2D eigenvalue weighted by molar-refractivity contribution is 5.82. The number of aromatic nitrogens is 1. The van der Waals surface area contributed by atoms with Gasteiger partial charge in [0.2, 0.25) is 0 Å². The number of rotatable bonds is 3. The quantitative estimate of drug-likeness (QED) is 0.646. The lowest BCUT2D eigenvalue weighted by molar-refractivity contribution is 1.09. The highest BCUT2D eigenvalue weighted by Crippen LogP contribution is 2.18. The molecule has 22 heavy (non-hydrogen) atoms. The predicted molar refractivity (Wildman–Crippen MR) is 97.3 cm³/mol. The second kappa shape index (κ2) is 7.69. The average Bonchev–Trinajstić information content (AvgIpc) is 3.04. The van der Waals surface area contributed by atoms with Gasteiger partial charge in [0.1, 0.15) is 0 Å². The maximum atomic E-state index is 5.90. The number of aromatic amines is 1. The van der Waals surface area contributed by atoms with E-state index >= 15 is 0 Å². The fourth-order valence-electron chi connectivity index (χ4n) is 2.73. The van der Waals surface area contributed by atoms with Gasteiger partial charge < -0.3 is 10.7 Å². The minimum Gasteiger partial charge on any atom is -0.398 e. The molecule has 1 heterocycles. The summed E-state index contributed by atoms with van der Waals surface area (Å²) in [6.07, 6.45) is 5.14. The Morgan fingerprint density at radius 1 is 0.773 bits per heavy atom. The van der Waals surface area contributed by atoms with Gasteiger partial charge >= 0.3 is 0 Å². The van der Waals surface area contributed by atoms with E-state index in [4.69, 9.17) is 5.73 Å². The lowest BCUT2D eigenvalue weighted by atomic mass is 10.0. The molecule has 3 aromatic rings. The molecule has 2 aromatic carbocycles. The zero-order chi connectivity index (χ0) is 15.9. The topological polar surface area (TPSA) is 41.8 Å². The van der Waals surface area contributed by atoms with E-state index in [2.05, 4.69) is 68.2 Å². The summed E-state index contributed by atoms with van der Waals surface area (Å²) < 4.78 is 0. The first-order valence-corrected chi connectivity index (χ1v) is 8.12. The van der Waals surface area contributed by atoms with Gasteiger partial charge in [0.15, 0.2) is 0 Å². The first kappa shape index (κ1) is 16.2. The van der Waals surface area contributed by atoms with E-state index in [1.54, 1.807) is 0 Å². The molecule has 1 aromatic heterocycles. The van der Waals surface area contributed by atoms with Gasteiger partial charge in [-0.25, -0.2) is 0 Å². The number of nitrogens with one attached hydrogen (secondary N) is 1. The Morgan fingerprint density at radius 2 is 1.32 bits per heavy atom. The van der Waals surface area contributed by atoms with E-state index < -0.39 is 0 Å². The zero-order valence-corrected chi connectivity index (χ0v) is 13.8. The van der Waals surface area contributed by atoms with Crippen molar-refractivity contribution in [3.8, 4) is 0 Å². The van der Waals surface area contributed by atoms with Crippen LogP contribution < -0.4 is 5.73 Å². The molecule has 0 amide bonds. The summed E-state index contributed by atoms with van der Waals surface area (Å²) in [6.45, 7) is 6.44. The van der Waals surface area contributed by atoms with E-state index in [1.165, 1.54) is 27.6 Å². The van der Waals surface area contributed by atoms with Crippen molar-refractivity contribution in [2.75, 3.05) is 5.73 Å². The van der Waals surface area contributed by atoms with Crippen molar-refractivity contribution in [3.63, 3.8) is 0 Å². The Labute approximate surface area is 133 Å². The monoisotopic (exact) mass is 294 g/mol. The first-order valence-electron chi connectivity index (χ1n) is 8.12. The van der Waals surface area contributed by atoms with Crippen LogP contribution >= 0.6 is 0 Å². The van der Waals surface area contributed by atoms with Crippen molar-refractivity contribution >= 4 is 16.6 Å². The van der Waals surface area contributed by atoms with E-state index in [0.717, 1.165) is 24.9 Å². The SMILES string of the molecule is CCc1cccc(CC)c1N.CCc1cccc2cc[nH]c12. The van der Waals surface area contributed by atoms with Gasteiger partial charge in [0.25, 0.3) is 0 Å². The number of hydrogen-bond donors (Lipinski definition) is 2. The van der Waals surface area contributed by atoms with Crippen LogP contribution in [0.4, 0.5) is 5.69 Å². The summed E-state index contributed by atoms with van der Waals surface area (Å²) in [6, 6.07) is 14.8. The van der Waals surface area contributed by atoms with Crippen LogP contribution in [0.1, 0.15) is 37.5 Å². The van der Waals surface area contributed by atoms with Crippen molar-refractivity contribution in [2.24, 2.45) is 0 Å².